The number of aryl methyl sites for hydroxylation is 1. The van der Waals surface area contributed by atoms with Gasteiger partial charge in [0.15, 0.2) is 5.84 Å². The van der Waals surface area contributed by atoms with Gasteiger partial charge in [-0.3, -0.25) is 10.8 Å². The minimum Gasteiger partial charge on any atom is -0.494 e. The van der Waals surface area contributed by atoms with Gasteiger partial charge in [0.2, 0.25) is 5.71 Å². The van der Waals surface area contributed by atoms with Crippen LogP contribution in [-0.4, -0.2) is 23.6 Å². The van der Waals surface area contributed by atoms with Crippen molar-refractivity contribution in [2.24, 2.45) is 10.8 Å². The molecule has 0 aliphatic rings. The molecule has 1 heterocycles. The van der Waals surface area contributed by atoms with Gasteiger partial charge in [-0.05, 0) is 13.0 Å². The molecule has 0 bridgehead atoms. The molecule has 102 valence electrons. The van der Waals surface area contributed by atoms with Gasteiger partial charge in [0.05, 0.1) is 28.0 Å². The van der Waals surface area contributed by atoms with Crippen molar-refractivity contribution in [2.75, 3.05) is 12.5 Å². The molecule has 7 nitrogen and oxygen atoms in total. The van der Waals surface area contributed by atoms with E-state index in [1.165, 1.54) is 7.11 Å². The van der Waals surface area contributed by atoms with Crippen molar-refractivity contribution in [2.45, 2.75) is 6.92 Å². The number of amidine groups is 1. The first-order valence-electron chi connectivity index (χ1n) is 5.58. The van der Waals surface area contributed by atoms with Gasteiger partial charge < -0.3 is 10.5 Å². The summed E-state index contributed by atoms with van der Waals surface area (Å²) in [6.45, 7) is 1.92. The molecule has 1 aromatic heterocycles. The molecule has 20 heavy (non-hydrogen) atoms. The fourth-order valence-corrected chi connectivity index (χ4v) is 2.44. The average molecular weight is 288 g/mol. The average Bonchev–Trinajstić information content (AvgIpc) is 2.77. The topological polar surface area (TPSA) is 120 Å². The van der Waals surface area contributed by atoms with E-state index in [-0.39, 0.29) is 5.71 Å². The number of ether oxygens (including phenoxy) is 1. The minimum atomic E-state index is -0.395. The molecule has 0 unspecified atom stereocenters. The molecule has 0 aliphatic carbocycles. The number of nitrogens with one attached hydrogen (secondary N) is 2. The van der Waals surface area contributed by atoms with E-state index in [1.807, 2.05) is 13.0 Å². The van der Waals surface area contributed by atoms with Crippen molar-refractivity contribution in [3.8, 4) is 11.8 Å². The third-order valence-corrected chi connectivity index (χ3v) is 3.40. The number of hydrogen-bond acceptors (Lipinski definition) is 7. The maximum Gasteiger partial charge on any atom is 0.201 e. The Morgan fingerprint density at radius 1 is 1.60 bits per heavy atom. The summed E-state index contributed by atoms with van der Waals surface area (Å²) in [5.41, 5.74) is 9.16. The molecule has 0 radical (unpaired) electrons. The Kier molecular flexibility index (Phi) is 3.81. The molecule has 2 aromatic rings. The number of hydrazone groups is 1. The number of nitriles is 1. The molecule has 8 heteroatoms. The lowest BCUT2D eigenvalue weighted by Gasteiger charge is -2.07. The van der Waals surface area contributed by atoms with Crippen LogP contribution < -0.4 is 15.9 Å². The van der Waals surface area contributed by atoms with Gasteiger partial charge in [0.1, 0.15) is 11.8 Å². The fraction of sp³-hybridized carbons (Fsp3) is 0.167. The van der Waals surface area contributed by atoms with Gasteiger partial charge in [-0.25, -0.2) is 4.98 Å². The number of anilines is 1. The highest BCUT2D eigenvalue weighted by molar-refractivity contribution is 7.18. The van der Waals surface area contributed by atoms with Gasteiger partial charge in [-0.2, -0.15) is 10.4 Å². The van der Waals surface area contributed by atoms with Crippen LogP contribution in [0.4, 0.5) is 5.69 Å². The number of nitrogens with two attached hydrogens (primary N) is 1. The fourth-order valence-electron chi connectivity index (χ4n) is 1.59. The van der Waals surface area contributed by atoms with Crippen LogP contribution in [0, 0.1) is 23.7 Å². The Balaban J connectivity index is 2.42. The van der Waals surface area contributed by atoms with E-state index in [9.17, 15) is 0 Å². The van der Waals surface area contributed by atoms with Crippen LogP contribution in [0.15, 0.2) is 17.2 Å². The van der Waals surface area contributed by atoms with E-state index in [4.69, 9.17) is 21.1 Å². The number of nitrogens with zero attached hydrogens (tertiary/aromatic N) is 3. The molecule has 0 saturated carbocycles. The highest BCUT2D eigenvalue weighted by Crippen LogP contribution is 2.33. The first-order valence-corrected chi connectivity index (χ1v) is 6.40. The molecule has 0 amide bonds. The largest absolute Gasteiger partial charge is 0.494 e. The highest BCUT2D eigenvalue weighted by Gasteiger charge is 2.09. The van der Waals surface area contributed by atoms with Crippen LogP contribution >= 0.6 is 11.3 Å². The van der Waals surface area contributed by atoms with Gasteiger partial charge in [0.25, 0.3) is 0 Å². The molecule has 0 atom stereocenters. The van der Waals surface area contributed by atoms with Gasteiger partial charge >= 0.3 is 0 Å². The van der Waals surface area contributed by atoms with E-state index in [1.54, 1.807) is 23.5 Å². The van der Waals surface area contributed by atoms with E-state index < -0.39 is 5.84 Å². The molecule has 1 aromatic carbocycles. The molecule has 0 aliphatic heterocycles. The van der Waals surface area contributed by atoms with Crippen molar-refractivity contribution in [3.05, 3.63) is 17.1 Å². The monoisotopic (exact) mass is 288 g/mol. The maximum absolute atomic E-state index is 8.80. The SMILES string of the molecule is COc1cc2nc(C)sc2cc1N/N=C(\C#N)C(=N)N. The predicted octanol–water partition coefficient (Wildman–Crippen LogP) is 1.84. The summed E-state index contributed by atoms with van der Waals surface area (Å²) in [5.74, 6) is 0.154. The number of rotatable bonds is 4. The number of hydrogen-bond donors (Lipinski definition) is 3. The first kappa shape index (κ1) is 13.8. The summed E-state index contributed by atoms with van der Waals surface area (Å²) in [4.78, 5) is 4.37. The zero-order chi connectivity index (χ0) is 14.7. The van der Waals surface area contributed by atoms with Crippen molar-refractivity contribution < 1.29 is 4.74 Å². The molecular formula is C12H12N6OS. The Labute approximate surface area is 119 Å². The van der Waals surface area contributed by atoms with Crippen molar-refractivity contribution >= 4 is 38.8 Å². The van der Waals surface area contributed by atoms with Gasteiger partial charge in [-0.1, -0.05) is 0 Å². The van der Waals surface area contributed by atoms with Gasteiger partial charge in [0, 0.05) is 6.07 Å². The summed E-state index contributed by atoms with van der Waals surface area (Å²) in [7, 11) is 1.53. The van der Waals surface area contributed by atoms with Crippen LogP contribution in [-0.2, 0) is 0 Å². The molecule has 0 spiro atoms. The van der Waals surface area contributed by atoms with E-state index >= 15 is 0 Å². The van der Waals surface area contributed by atoms with Crippen LogP contribution in [0.2, 0.25) is 0 Å². The second kappa shape index (κ2) is 5.54. The quantitative estimate of drug-likeness (QED) is 0.450. The summed E-state index contributed by atoms with van der Waals surface area (Å²) in [5, 5.41) is 20.7. The number of fused-ring (bicyclic) bond motifs is 1. The van der Waals surface area contributed by atoms with Crippen molar-refractivity contribution in [1.82, 2.24) is 4.98 Å². The Morgan fingerprint density at radius 2 is 2.35 bits per heavy atom. The van der Waals surface area contributed by atoms with E-state index in [0.29, 0.717) is 11.4 Å². The summed E-state index contributed by atoms with van der Waals surface area (Å²) in [6.07, 6.45) is 0. The number of thiazole rings is 1. The molecule has 0 saturated heterocycles. The first-order chi connectivity index (χ1) is 9.55. The Bertz CT molecular complexity index is 742. The highest BCUT2D eigenvalue weighted by atomic mass is 32.1. The molecular weight excluding hydrogens is 276 g/mol. The van der Waals surface area contributed by atoms with Crippen molar-refractivity contribution in [3.63, 3.8) is 0 Å². The maximum atomic E-state index is 8.80. The lowest BCUT2D eigenvalue weighted by Crippen LogP contribution is -2.21. The molecule has 2 rings (SSSR count). The molecule has 0 fully saturated rings. The lowest BCUT2D eigenvalue weighted by molar-refractivity contribution is 0.417. The molecule has 4 N–H and O–H groups in total. The van der Waals surface area contributed by atoms with Crippen LogP contribution in [0.1, 0.15) is 5.01 Å². The Morgan fingerprint density at radius 3 is 2.95 bits per heavy atom. The summed E-state index contributed by atoms with van der Waals surface area (Å²) >= 11 is 1.54. The normalized spacial score (nSPS) is 11.2. The lowest BCUT2D eigenvalue weighted by atomic mass is 10.3. The third kappa shape index (κ3) is 2.67. The van der Waals surface area contributed by atoms with Crippen LogP contribution in [0.25, 0.3) is 10.2 Å². The zero-order valence-electron chi connectivity index (χ0n) is 10.9. The standard InChI is InChI=1S/C12H12N6OS/c1-6-16-8-3-10(19-2)7(4-11(8)20-6)17-18-9(5-13)12(14)15/h3-4,17H,1-2H3,(H3,14,15)/b18-9+. The second-order valence-electron chi connectivity index (χ2n) is 3.85. The summed E-state index contributed by atoms with van der Waals surface area (Å²) in [6, 6.07) is 5.36. The van der Waals surface area contributed by atoms with E-state index in [0.717, 1.165) is 15.2 Å². The van der Waals surface area contributed by atoms with Gasteiger partial charge in [-0.15, -0.1) is 11.3 Å². The predicted molar refractivity (Wildman–Crippen MR) is 79.5 cm³/mol. The zero-order valence-corrected chi connectivity index (χ0v) is 11.7. The summed E-state index contributed by atoms with van der Waals surface area (Å²) < 4.78 is 6.23. The van der Waals surface area contributed by atoms with Crippen LogP contribution in [0.5, 0.6) is 5.75 Å². The number of aromatic nitrogens is 1. The number of benzene rings is 1. The van der Waals surface area contributed by atoms with Crippen molar-refractivity contribution in [1.29, 1.82) is 10.7 Å². The number of methoxy groups -OCH3 is 1. The minimum absolute atomic E-state index is 0.187. The smallest absolute Gasteiger partial charge is 0.201 e. The Hall–Kier alpha value is -2.66. The van der Waals surface area contributed by atoms with Crippen LogP contribution in [0.3, 0.4) is 0 Å². The second-order valence-corrected chi connectivity index (χ2v) is 5.09. The van der Waals surface area contributed by atoms with E-state index in [2.05, 4.69) is 15.5 Å². The third-order valence-electron chi connectivity index (χ3n) is 2.47.